The Hall–Kier alpha value is -2.98. The number of halogens is 2. The van der Waals surface area contributed by atoms with Gasteiger partial charge >= 0.3 is 5.97 Å². The summed E-state index contributed by atoms with van der Waals surface area (Å²) < 4.78 is 6.08. The highest BCUT2D eigenvalue weighted by Crippen LogP contribution is 2.31. The van der Waals surface area contributed by atoms with Gasteiger partial charge in [-0.3, -0.25) is 9.69 Å². The number of piperazine rings is 1. The largest absolute Gasteiger partial charge is 0.481 e. The van der Waals surface area contributed by atoms with Crippen molar-refractivity contribution in [2.45, 2.75) is 26.3 Å². The second kappa shape index (κ2) is 12.5. The van der Waals surface area contributed by atoms with Crippen molar-refractivity contribution in [1.29, 1.82) is 0 Å². The maximum absolute atomic E-state index is 11.4. The number of anilines is 1. The summed E-state index contributed by atoms with van der Waals surface area (Å²) in [6, 6.07) is 9.26. The first-order valence-electron chi connectivity index (χ1n) is 13.2. The second-order valence-corrected chi connectivity index (χ2v) is 11.0. The van der Waals surface area contributed by atoms with E-state index in [1.165, 1.54) is 0 Å². The van der Waals surface area contributed by atoms with Crippen LogP contribution in [0, 0.1) is 11.8 Å². The van der Waals surface area contributed by atoms with Crippen molar-refractivity contribution in [3.05, 3.63) is 58.3 Å². The zero-order chi connectivity index (χ0) is 27.4. The van der Waals surface area contributed by atoms with E-state index >= 15 is 0 Å². The van der Waals surface area contributed by atoms with E-state index < -0.39 is 5.97 Å². The van der Waals surface area contributed by atoms with E-state index in [9.17, 15) is 9.90 Å². The molecule has 2 aliphatic rings. The molecule has 0 saturated carbocycles. The Morgan fingerprint density at radius 3 is 2.38 bits per heavy atom. The van der Waals surface area contributed by atoms with Crippen molar-refractivity contribution in [3.63, 3.8) is 0 Å². The quantitative estimate of drug-likeness (QED) is 0.388. The highest BCUT2D eigenvalue weighted by Gasteiger charge is 2.28. The molecule has 0 aliphatic carbocycles. The standard InChI is InChI=1S/C28H32Cl2N6O3/c1-18(28(37)38)20-2-6-35(7-3-20)17-19-10-24(21-12-22(29)14-23(30)13-21)34-26(11-19)39-27-16-32-25(15-33-27)36-8-4-31-5-9-36/h10-16,18,20,31H,2-9,17H2,1H3,(H,37,38). The van der Waals surface area contributed by atoms with Crippen LogP contribution < -0.4 is 15.0 Å². The molecule has 5 rings (SSSR count). The molecule has 4 heterocycles. The van der Waals surface area contributed by atoms with E-state index in [2.05, 4.69) is 25.1 Å². The smallest absolute Gasteiger partial charge is 0.306 e. The van der Waals surface area contributed by atoms with Crippen LogP contribution in [-0.2, 0) is 11.3 Å². The summed E-state index contributed by atoms with van der Waals surface area (Å²) in [6.45, 7) is 7.76. The normalized spacial score (nSPS) is 17.7. The number of nitrogens with zero attached hydrogens (tertiary/aromatic N) is 5. The molecule has 1 unspecified atom stereocenters. The monoisotopic (exact) mass is 570 g/mol. The number of piperidine rings is 1. The Morgan fingerprint density at radius 2 is 1.74 bits per heavy atom. The van der Waals surface area contributed by atoms with Crippen LogP contribution in [0.4, 0.5) is 5.82 Å². The number of rotatable bonds is 8. The van der Waals surface area contributed by atoms with Crippen molar-refractivity contribution in [1.82, 2.24) is 25.2 Å². The van der Waals surface area contributed by atoms with Gasteiger partial charge < -0.3 is 20.1 Å². The fraction of sp³-hybridized carbons (Fsp3) is 0.429. The summed E-state index contributed by atoms with van der Waals surface area (Å²) in [5, 5.41) is 13.8. The minimum absolute atomic E-state index is 0.196. The Morgan fingerprint density at radius 1 is 1.03 bits per heavy atom. The van der Waals surface area contributed by atoms with Crippen LogP contribution in [-0.4, -0.2) is 70.2 Å². The molecule has 9 nitrogen and oxygen atoms in total. The Kier molecular flexibility index (Phi) is 8.82. The first-order valence-corrected chi connectivity index (χ1v) is 14.0. The molecule has 2 aromatic heterocycles. The molecular weight excluding hydrogens is 539 g/mol. The number of hydrogen-bond donors (Lipinski definition) is 2. The van der Waals surface area contributed by atoms with Crippen LogP contribution in [0.2, 0.25) is 10.0 Å². The van der Waals surface area contributed by atoms with Gasteiger partial charge in [-0.25, -0.2) is 15.0 Å². The van der Waals surface area contributed by atoms with Crippen molar-refractivity contribution < 1.29 is 14.6 Å². The highest BCUT2D eigenvalue weighted by atomic mass is 35.5. The number of pyridine rings is 1. The van der Waals surface area contributed by atoms with Crippen molar-refractivity contribution in [2.24, 2.45) is 11.8 Å². The van der Waals surface area contributed by atoms with Crippen LogP contribution in [0.25, 0.3) is 11.3 Å². The molecule has 3 aromatic rings. The van der Waals surface area contributed by atoms with Crippen LogP contribution in [0.1, 0.15) is 25.3 Å². The van der Waals surface area contributed by atoms with Gasteiger partial charge in [0.05, 0.1) is 24.0 Å². The molecule has 39 heavy (non-hydrogen) atoms. The topological polar surface area (TPSA) is 104 Å². The number of aliphatic carboxylic acids is 1. The van der Waals surface area contributed by atoms with E-state index in [0.29, 0.717) is 34.0 Å². The van der Waals surface area contributed by atoms with Gasteiger partial charge in [0.1, 0.15) is 5.82 Å². The van der Waals surface area contributed by atoms with E-state index in [1.54, 1.807) is 25.4 Å². The lowest BCUT2D eigenvalue weighted by Crippen LogP contribution is -2.43. The van der Waals surface area contributed by atoms with E-state index in [1.807, 2.05) is 24.3 Å². The number of ether oxygens (including phenoxy) is 1. The van der Waals surface area contributed by atoms with Gasteiger partial charge in [0, 0.05) is 54.4 Å². The van der Waals surface area contributed by atoms with Gasteiger partial charge in [-0.05, 0) is 61.7 Å². The first kappa shape index (κ1) is 27.6. The maximum Gasteiger partial charge on any atom is 0.306 e. The molecule has 2 fully saturated rings. The third kappa shape index (κ3) is 7.16. The fourth-order valence-corrected chi connectivity index (χ4v) is 5.68. The Balaban J connectivity index is 1.36. The van der Waals surface area contributed by atoms with E-state index in [4.69, 9.17) is 32.9 Å². The van der Waals surface area contributed by atoms with Gasteiger partial charge in [-0.1, -0.05) is 30.1 Å². The lowest BCUT2D eigenvalue weighted by molar-refractivity contribution is -0.143. The first-order chi connectivity index (χ1) is 18.8. The number of benzene rings is 1. The average Bonchev–Trinajstić information content (AvgIpc) is 2.93. The van der Waals surface area contributed by atoms with Crippen LogP contribution in [0.5, 0.6) is 11.8 Å². The summed E-state index contributed by atoms with van der Waals surface area (Å²) in [6.07, 6.45) is 5.06. The predicted molar refractivity (Wildman–Crippen MR) is 152 cm³/mol. The Bertz CT molecular complexity index is 1270. The highest BCUT2D eigenvalue weighted by molar-refractivity contribution is 6.35. The molecule has 0 bridgehead atoms. The van der Waals surface area contributed by atoms with Gasteiger partial charge in [0.25, 0.3) is 0 Å². The van der Waals surface area contributed by atoms with Crippen molar-refractivity contribution in [3.8, 4) is 23.0 Å². The summed E-state index contributed by atoms with van der Waals surface area (Å²) in [5.74, 6) is 0.723. The van der Waals surface area contributed by atoms with E-state index in [0.717, 1.165) is 69.1 Å². The molecule has 206 valence electrons. The summed E-state index contributed by atoms with van der Waals surface area (Å²) >= 11 is 12.6. The number of hydrogen-bond acceptors (Lipinski definition) is 8. The molecule has 2 saturated heterocycles. The van der Waals surface area contributed by atoms with Gasteiger partial charge in [0.15, 0.2) is 0 Å². The van der Waals surface area contributed by atoms with Crippen molar-refractivity contribution >= 4 is 35.0 Å². The second-order valence-electron chi connectivity index (χ2n) is 10.1. The number of carbonyl (C=O) groups is 1. The lowest BCUT2D eigenvalue weighted by atomic mass is 9.85. The minimum Gasteiger partial charge on any atom is -0.481 e. The number of carboxylic acid groups (broad SMARTS) is 1. The molecular formula is C28H32Cl2N6O3. The molecule has 0 radical (unpaired) electrons. The molecule has 0 spiro atoms. The van der Waals surface area contributed by atoms with Crippen LogP contribution in [0.15, 0.2) is 42.7 Å². The summed E-state index contributed by atoms with van der Waals surface area (Å²) in [5.41, 5.74) is 2.49. The summed E-state index contributed by atoms with van der Waals surface area (Å²) in [7, 11) is 0. The third-order valence-corrected chi connectivity index (χ3v) is 7.86. The summed E-state index contributed by atoms with van der Waals surface area (Å²) in [4.78, 5) is 29.7. The maximum atomic E-state index is 11.4. The molecule has 1 aromatic carbocycles. The zero-order valence-corrected chi connectivity index (χ0v) is 23.3. The Labute approximate surface area is 238 Å². The number of carboxylic acids is 1. The van der Waals surface area contributed by atoms with Crippen LogP contribution in [0.3, 0.4) is 0 Å². The van der Waals surface area contributed by atoms with Gasteiger partial charge in [0.2, 0.25) is 11.8 Å². The van der Waals surface area contributed by atoms with Gasteiger partial charge in [-0.15, -0.1) is 0 Å². The SMILES string of the molecule is CC(C(=O)O)C1CCN(Cc2cc(Oc3cnc(N4CCNCC4)cn3)nc(-c3cc(Cl)cc(Cl)c3)c2)CC1. The number of likely N-dealkylation sites (tertiary alicyclic amines) is 1. The fourth-order valence-electron chi connectivity index (χ4n) is 5.15. The predicted octanol–water partition coefficient (Wildman–Crippen LogP) is 4.98. The van der Waals surface area contributed by atoms with E-state index in [-0.39, 0.29) is 11.8 Å². The minimum atomic E-state index is -0.724. The third-order valence-electron chi connectivity index (χ3n) is 7.42. The lowest BCUT2D eigenvalue weighted by Gasteiger charge is -2.33. The van der Waals surface area contributed by atoms with Crippen molar-refractivity contribution in [2.75, 3.05) is 44.2 Å². The van der Waals surface area contributed by atoms with Gasteiger partial charge in [-0.2, -0.15) is 0 Å². The zero-order valence-electron chi connectivity index (χ0n) is 21.8. The average molecular weight is 572 g/mol. The number of aromatic nitrogens is 3. The number of nitrogens with one attached hydrogen (secondary N) is 1. The van der Waals surface area contributed by atoms with Crippen LogP contribution >= 0.6 is 23.2 Å². The molecule has 1 atom stereocenters. The molecule has 0 amide bonds. The molecule has 11 heteroatoms. The molecule has 2 N–H and O–H groups in total. The molecule has 2 aliphatic heterocycles.